The molecule has 5 heteroatoms. The fourth-order valence-electron chi connectivity index (χ4n) is 2.95. The van der Waals surface area contributed by atoms with Crippen molar-refractivity contribution in [1.29, 1.82) is 0 Å². The van der Waals surface area contributed by atoms with Gasteiger partial charge in [-0.25, -0.2) is 4.98 Å². The van der Waals surface area contributed by atoms with Crippen LogP contribution in [0.1, 0.15) is 57.9 Å². The smallest absolute Gasteiger partial charge is 0.257 e. The van der Waals surface area contributed by atoms with Gasteiger partial charge in [0, 0.05) is 17.6 Å². The minimum absolute atomic E-state index is 0.0712. The van der Waals surface area contributed by atoms with Gasteiger partial charge >= 0.3 is 0 Å². The second-order valence-corrected chi connectivity index (χ2v) is 6.55. The average molecular weight is 304 g/mol. The molecule has 4 nitrogen and oxygen atoms in total. The van der Waals surface area contributed by atoms with E-state index in [0.717, 1.165) is 42.3 Å². The summed E-state index contributed by atoms with van der Waals surface area (Å²) in [7, 11) is 0. The van der Waals surface area contributed by atoms with E-state index < -0.39 is 0 Å². The van der Waals surface area contributed by atoms with Crippen molar-refractivity contribution in [2.75, 3.05) is 6.54 Å². The van der Waals surface area contributed by atoms with E-state index in [1.54, 1.807) is 11.3 Å². The maximum Gasteiger partial charge on any atom is 0.257 e. The van der Waals surface area contributed by atoms with Gasteiger partial charge in [0.2, 0.25) is 0 Å². The Morgan fingerprint density at radius 3 is 2.81 bits per heavy atom. The van der Waals surface area contributed by atoms with Gasteiger partial charge in [0.1, 0.15) is 16.5 Å². The Morgan fingerprint density at radius 1 is 1.38 bits per heavy atom. The number of nitrogens with zero attached hydrogens (tertiary/aromatic N) is 2. The van der Waals surface area contributed by atoms with Gasteiger partial charge in [0.15, 0.2) is 0 Å². The predicted octanol–water partition coefficient (Wildman–Crippen LogP) is 4.03. The van der Waals surface area contributed by atoms with Crippen molar-refractivity contribution < 1.29 is 9.21 Å². The zero-order valence-corrected chi connectivity index (χ0v) is 13.5. The minimum Gasteiger partial charge on any atom is -0.466 e. The van der Waals surface area contributed by atoms with E-state index in [2.05, 4.69) is 10.4 Å². The summed E-state index contributed by atoms with van der Waals surface area (Å²) in [5, 5.41) is 3.11. The van der Waals surface area contributed by atoms with Crippen LogP contribution in [0.25, 0.3) is 0 Å². The summed E-state index contributed by atoms with van der Waals surface area (Å²) >= 11 is 1.65. The molecule has 0 aliphatic carbocycles. The van der Waals surface area contributed by atoms with Crippen molar-refractivity contribution in [3.05, 3.63) is 39.2 Å². The molecule has 2 aromatic rings. The van der Waals surface area contributed by atoms with Crippen LogP contribution in [0.4, 0.5) is 0 Å². The van der Waals surface area contributed by atoms with Crippen molar-refractivity contribution in [2.45, 2.75) is 46.1 Å². The SMILES string of the molecule is Cc1csc(C2CCCCN2C(=O)c2cc(C)oc2C)n1. The Balaban J connectivity index is 1.90. The summed E-state index contributed by atoms with van der Waals surface area (Å²) in [4.78, 5) is 19.4. The molecular weight excluding hydrogens is 284 g/mol. The number of carbonyl (C=O) groups excluding carboxylic acids is 1. The van der Waals surface area contributed by atoms with Gasteiger partial charge in [-0.05, 0) is 46.1 Å². The molecule has 1 saturated heterocycles. The molecule has 1 aliphatic rings. The number of hydrogen-bond acceptors (Lipinski definition) is 4. The highest BCUT2D eigenvalue weighted by Crippen LogP contribution is 2.34. The monoisotopic (exact) mass is 304 g/mol. The number of rotatable bonds is 2. The third kappa shape index (κ3) is 2.75. The summed E-state index contributed by atoms with van der Waals surface area (Å²) in [5.41, 5.74) is 1.72. The fraction of sp³-hybridized carbons (Fsp3) is 0.500. The standard InChI is InChI=1S/C16H20N2O2S/c1-10-9-21-15(17-10)14-6-4-5-7-18(14)16(19)13-8-11(2)20-12(13)3/h8-9,14H,4-7H2,1-3H3. The van der Waals surface area contributed by atoms with Crippen LogP contribution in [0.2, 0.25) is 0 Å². The first-order chi connectivity index (χ1) is 10.1. The van der Waals surface area contributed by atoms with Crippen molar-refractivity contribution in [3.63, 3.8) is 0 Å². The molecule has 0 saturated carbocycles. The third-order valence-electron chi connectivity index (χ3n) is 3.96. The summed E-state index contributed by atoms with van der Waals surface area (Å²) < 4.78 is 5.51. The van der Waals surface area contributed by atoms with Crippen LogP contribution in [0.5, 0.6) is 0 Å². The Labute approximate surface area is 128 Å². The number of carbonyl (C=O) groups is 1. The maximum absolute atomic E-state index is 12.9. The second kappa shape index (κ2) is 5.64. The quantitative estimate of drug-likeness (QED) is 0.841. The molecule has 1 aliphatic heterocycles. The van der Waals surface area contributed by atoms with Gasteiger partial charge in [-0.15, -0.1) is 11.3 Å². The molecule has 1 atom stereocenters. The summed E-state index contributed by atoms with van der Waals surface area (Å²) in [6.07, 6.45) is 3.20. The van der Waals surface area contributed by atoms with Crippen LogP contribution in [0.15, 0.2) is 15.9 Å². The van der Waals surface area contributed by atoms with Crippen LogP contribution in [-0.2, 0) is 0 Å². The maximum atomic E-state index is 12.9. The lowest BCUT2D eigenvalue weighted by Gasteiger charge is -2.34. The molecule has 0 N–H and O–H groups in total. The highest BCUT2D eigenvalue weighted by Gasteiger charge is 2.32. The van der Waals surface area contributed by atoms with Gasteiger partial charge in [-0.1, -0.05) is 0 Å². The Bertz CT molecular complexity index is 659. The number of aryl methyl sites for hydroxylation is 3. The van der Waals surface area contributed by atoms with E-state index in [-0.39, 0.29) is 11.9 Å². The summed E-state index contributed by atoms with van der Waals surface area (Å²) in [6, 6.07) is 1.95. The van der Waals surface area contributed by atoms with Crippen LogP contribution >= 0.6 is 11.3 Å². The lowest BCUT2D eigenvalue weighted by atomic mass is 10.0. The Kier molecular flexibility index (Phi) is 3.85. The summed E-state index contributed by atoms with van der Waals surface area (Å²) in [5.74, 6) is 1.56. The topological polar surface area (TPSA) is 46.3 Å². The van der Waals surface area contributed by atoms with E-state index in [1.165, 1.54) is 0 Å². The van der Waals surface area contributed by atoms with Gasteiger partial charge in [0.05, 0.1) is 11.6 Å². The lowest BCUT2D eigenvalue weighted by molar-refractivity contribution is 0.0609. The number of likely N-dealkylation sites (tertiary alicyclic amines) is 1. The highest BCUT2D eigenvalue weighted by molar-refractivity contribution is 7.09. The molecule has 0 spiro atoms. The number of aromatic nitrogens is 1. The van der Waals surface area contributed by atoms with Crippen LogP contribution in [-0.4, -0.2) is 22.3 Å². The molecule has 3 heterocycles. The number of thiazole rings is 1. The Hall–Kier alpha value is -1.62. The molecule has 21 heavy (non-hydrogen) atoms. The van der Waals surface area contributed by atoms with Crippen molar-refractivity contribution in [3.8, 4) is 0 Å². The molecular formula is C16H20N2O2S. The highest BCUT2D eigenvalue weighted by atomic mass is 32.1. The Morgan fingerprint density at radius 2 is 2.19 bits per heavy atom. The van der Waals surface area contributed by atoms with Crippen molar-refractivity contribution >= 4 is 17.2 Å². The van der Waals surface area contributed by atoms with E-state index in [1.807, 2.05) is 31.7 Å². The number of hydrogen-bond donors (Lipinski definition) is 0. The molecule has 0 radical (unpaired) electrons. The van der Waals surface area contributed by atoms with Gasteiger partial charge in [-0.3, -0.25) is 4.79 Å². The number of piperidine rings is 1. The van der Waals surface area contributed by atoms with E-state index in [4.69, 9.17) is 4.42 Å². The van der Waals surface area contributed by atoms with E-state index >= 15 is 0 Å². The van der Waals surface area contributed by atoms with Crippen LogP contribution in [0, 0.1) is 20.8 Å². The zero-order valence-electron chi connectivity index (χ0n) is 12.7. The number of amides is 1. The molecule has 1 fully saturated rings. The van der Waals surface area contributed by atoms with Gasteiger partial charge in [0.25, 0.3) is 5.91 Å². The fourth-order valence-corrected chi connectivity index (χ4v) is 3.90. The van der Waals surface area contributed by atoms with E-state index in [9.17, 15) is 4.79 Å². The van der Waals surface area contributed by atoms with E-state index in [0.29, 0.717) is 11.3 Å². The molecule has 0 aromatic carbocycles. The lowest BCUT2D eigenvalue weighted by Crippen LogP contribution is -2.38. The first-order valence-corrected chi connectivity index (χ1v) is 8.24. The van der Waals surface area contributed by atoms with Gasteiger partial charge < -0.3 is 9.32 Å². The van der Waals surface area contributed by atoms with Crippen molar-refractivity contribution in [1.82, 2.24) is 9.88 Å². The largest absolute Gasteiger partial charge is 0.466 e. The molecule has 1 unspecified atom stereocenters. The predicted molar refractivity (Wildman–Crippen MR) is 82.7 cm³/mol. The zero-order chi connectivity index (χ0) is 15.0. The molecule has 1 amide bonds. The normalized spacial score (nSPS) is 19.0. The first kappa shape index (κ1) is 14.3. The summed E-state index contributed by atoms with van der Waals surface area (Å²) in [6.45, 7) is 6.53. The average Bonchev–Trinajstić information content (AvgIpc) is 3.04. The third-order valence-corrected chi connectivity index (χ3v) is 5.02. The second-order valence-electron chi connectivity index (χ2n) is 5.66. The molecule has 3 rings (SSSR count). The van der Waals surface area contributed by atoms with Crippen LogP contribution < -0.4 is 0 Å². The first-order valence-electron chi connectivity index (χ1n) is 7.36. The van der Waals surface area contributed by atoms with Gasteiger partial charge in [-0.2, -0.15) is 0 Å². The van der Waals surface area contributed by atoms with Crippen molar-refractivity contribution in [2.24, 2.45) is 0 Å². The number of furan rings is 1. The molecule has 112 valence electrons. The van der Waals surface area contributed by atoms with Crippen LogP contribution in [0.3, 0.4) is 0 Å². The molecule has 0 bridgehead atoms. The minimum atomic E-state index is 0.0712. The molecule has 2 aromatic heterocycles.